The number of ether oxygens (including phenoxy) is 1. The van der Waals surface area contributed by atoms with E-state index in [4.69, 9.17) is 4.74 Å². The Morgan fingerprint density at radius 1 is 1.24 bits per heavy atom. The van der Waals surface area contributed by atoms with Crippen molar-refractivity contribution in [2.24, 2.45) is 5.92 Å². The van der Waals surface area contributed by atoms with Crippen molar-refractivity contribution in [1.82, 2.24) is 10.2 Å². The predicted octanol–water partition coefficient (Wildman–Crippen LogP) is 1.22. The highest BCUT2D eigenvalue weighted by Crippen LogP contribution is 2.20. The van der Waals surface area contributed by atoms with E-state index in [0.717, 1.165) is 0 Å². The minimum Gasteiger partial charge on any atom is -0.480 e. The van der Waals surface area contributed by atoms with Crippen molar-refractivity contribution in [2.45, 2.75) is 45.1 Å². The number of hydrogen-bond acceptors (Lipinski definition) is 4. The van der Waals surface area contributed by atoms with Gasteiger partial charge in [0.05, 0.1) is 13.0 Å². The van der Waals surface area contributed by atoms with Crippen LogP contribution in [0.3, 0.4) is 0 Å². The molecule has 2 N–H and O–H groups in total. The highest BCUT2D eigenvalue weighted by atomic mass is 16.5. The Kier molecular flexibility index (Phi) is 5.99. The molecule has 0 atom stereocenters. The number of aliphatic carboxylic acids is 1. The van der Waals surface area contributed by atoms with Crippen LogP contribution in [0.25, 0.3) is 0 Å². The molecule has 0 aromatic carbocycles. The third-order valence-electron chi connectivity index (χ3n) is 4.28. The number of carbonyl (C=O) groups excluding carboxylic acids is 2. The van der Waals surface area contributed by atoms with Gasteiger partial charge in [-0.1, -0.05) is 13.8 Å². The van der Waals surface area contributed by atoms with E-state index in [1.807, 2.05) is 0 Å². The Hall–Kier alpha value is -1.79. The lowest BCUT2D eigenvalue weighted by molar-refractivity contribution is -0.146. The normalized spacial score (nSPS) is 16.4. The SMILES string of the molecule is CCC(CC)(NC(=O)N1CCC(C(=O)OC)CC1)C(=O)O. The molecular formula is C14H24N2O5. The molecule has 7 nitrogen and oxygen atoms in total. The lowest BCUT2D eigenvalue weighted by Crippen LogP contribution is -2.58. The van der Waals surface area contributed by atoms with E-state index in [2.05, 4.69) is 5.32 Å². The summed E-state index contributed by atoms with van der Waals surface area (Å²) >= 11 is 0. The van der Waals surface area contributed by atoms with Gasteiger partial charge in [-0.3, -0.25) is 4.79 Å². The van der Waals surface area contributed by atoms with Crippen LogP contribution in [0.2, 0.25) is 0 Å². The second kappa shape index (κ2) is 7.28. The first-order valence-electron chi connectivity index (χ1n) is 7.28. The molecule has 7 heteroatoms. The number of carbonyl (C=O) groups is 3. The lowest BCUT2D eigenvalue weighted by atomic mass is 9.93. The van der Waals surface area contributed by atoms with Crippen molar-refractivity contribution in [3.8, 4) is 0 Å². The van der Waals surface area contributed by atoms with Gasteiger partial charge in [-0.15, -0.1) is 0 Å². The molecule has 0 radical (unpaired) electrons. The first-order valence-corrected chi connectivity index (χ1v) is 7.28. The van der Waals surface area contributed by atoms with Crippen LogP contribution in [-0.4, -0.2) is 53.7 Å². The fourth-order valence-electron chi connectivity index (χ4n) is 2.55. The number of amides is 2. The number of piperidine rings is 1. The van der Waals surface area contributed by atoms with Crippen molar-refractivity contribution in [3.63, 3.8) is 0 Å². The molecule has 1 fully saturated rings. The number of rotatable bonds is 5. The van der Waals surface area contributed by atoms with E-state index in [1.54, 1.807) is 18.7 Å². The summed E-state index contributed by atoms with van der Waals surface area (Å²) in [5, 5.41) is 12.0. The van der Waals surface area contributed by atoms with Gasteiger partial charge in [0.1, 0.15) is 5.54 Å². The van der Waals surface area contributed by atoms with Gasteiger partial charge in [0.2, 0.25) is 0 Å². The van der Waals surface area contributed by atoms with E-state index < -0.39 is 11.5 Å². The van der Waals surface area contributed by atoms with Crippen molar-refractivity contribution in [3.05, 3.63) is 0 Å². The number of likely N-dealkylation sites (tertiary alicyclic amines) is 1. The summed E-state index contributed by atoms with van der Waals surface area (Å²) in [5.41, 5.74) is -1.23. The van der Waals surface area contributed by atoms with Crippen molar-refractivity contribution in [1.29, 1.82) is 0 Å². The third-order valence-corrected chi connectivity index (χ3v) is 4.28. The van der Waals surface area contributed by atoms with Crippen LogP contribution in [-0.2, 0) is 14.3 Å². The number of urea groups is 1. The first-order chi connectivity index (χ1) is 9.90. The summed E-state index contributed by atoms with van der Waals surface area (Å²) in [6.07, 6.45) is 1.73. The summed E-state index contributed by atoms with van der Waals surface area (Å²) in [6.45, 7) is 4.33. The minimum absolute atomic E-state index is 0.180. The number of carboxylic acids is 1. The van der Waals surface area contributed by atoms with Gasteiger partial charge in [0, 0.05) is 13.1 Å². The standard InChI is InChI=1S/C14H24N2O5/c1-4-14(5-2,12(18)19)15-13(20)16-8-6-10(7-9-16)11(17)21-3/h10H,4-9H2,1-3H3,(H,15,20)(H,18,19). The van der Waals surface area contributed by atoms with Gasteiger partial charge in [-0.05, 0) is 25.7 Å². The van der Waals surface area contributed by atoms with Crippen molar-refractivity contribution in [2.75, 3.05) is 20.2 Å². The largest absolute Gasteiger partial charge is 0.480 e. The molecule has 2 amide bonds. The molecule has 0 spiro atoms. The highest BCUT2D eigenvalue weighted by Gasteiger charge is 2.38. The topological polar surface area (TPSA) is 95.9 Å². The third kappa shape index (κ3) is 3.86. The molecule has 21 heavy (non-hydrogen) atoms. The number of nitrogens with zero attached hydrogens (tertiary/aromatic N) is 1. The molecular weight excluding hydrogens is 276 g/mol. The Labute approximate surface area is 124 Å². The average molecular weight is 300 g/mol. The first kappa shape index (κ1) is 17.3. The highest BCUT2D eigenvalue weighted by molar-refractivity contribution is 5.86. The average Bonchev–Trinajstić information content (AvgIpc) is 2.51. The molecule has 0 saturated carbocycles. The van der Waals surface area contributed by atoms with Crippen LogP contribution in [0.15, 0.2) is 0 Å². The number of nitrogens with one attached hydrogen (secondary N) is 1. The van der Waals surface area contributed by atoms with Crippen molar-refractivity contribution < 1.29 is 24.2 Å². The van der Waals surface area contributed by atoms with E-state index in [-0.39, 0.29) is 17.9 Å². The molecule has 0 unspecified atom stereocenters. The summed E-state index contributed by atoms with van der Waals surface area (Å²) in [5.74, 6) is -1.46. The summed E-state index contributed by atoms with van der Waals surface area (Å²) in [4.78, 5) is 36.6. The molecule has 120 valence electrons. The zero-order chi connectivity index (χ0) is 16.0. The van der Waals surface area contributed by atoms with Gasteiger partial charge in [-0.2, -0.15) is 0 Å². The van der Waals surface area contributed by atoms with E-state index in [0.29, 0.717) is 38.8 Å². The predicted molar refractivity (Wildman–Crippen MR) is 75.8 cm³/mol. The summed E-state index contributed by atoms with van der Waals surface area (Å²) in [6, 6.07) is -0.385. The summed E-state index contributed by atoms with van der Waals surface area (Å²) in [7, 11) is 1.35. The number of carboxylic acid groups (broad SMARTS) is 1. The van der Waals surface area contributed by atoms with E-state index in [1.165, 1.54) is 7.11 Å². The van der Waals surface area contributed by atoms with E-state index >= 15 is 0 Å². The molecule has 0 aromatic heterocycles. The maximum atomic E-state index is 12.2. The Bertz CT molecular complexity index is 398. The molecule has 0 aromatic rings. The number of esters is 1. The second-order valence-electron chi connectivity index (χ2n) is 5.31. The van der Waals surface area contributed by atoms with Gasteiger partial charge < -0.3 is 20.1 Å². The van der Waals surface area contributed by atoms with Crippen LogP contribution < -0.4 is 5.32 Å². The second-order valence-corrected chi connectivity index (χ2v) is 5.31. The molecule has 1 aliphatic heterocycles. The fourth-order valence-corrected chi connectivity index (χ4v) is 2.55. The number of methoxy groups -OCH3 is 1. The van der Waals surface area contributed by atoms with Gasteiger partial charge in [0.25, 0.3) is 0 Å². The zero-order valence-corrected chi connectivity index (χ0v) is 12.8. The number of hydrogen-bond donors (Lipinski definition) is 2. The minimum atomic E-state index is -1.23. The molecule has 1 rings (SSSR count). The Morgan fingerprint density at radius 3 is 2.14 bits per heavy atom. The van der Waals surface area contributed by atoms with Crippen molar-refractivity contribution >= 4 is 18.0 Å². The summed E-state index contributed by atoms with van der Waals surface area (Å²) < 4.78 is 4.70. The molecule has 1 aliphatic rings. The fraction of sp³-hybridized carbons (Fsp3) is 0.786. The molecule has 1 heterocycles. The molecule has 0 bridgehead atoms. The van der Waals surface area contributed by atoms with Crippen LogP contribution in [0.5, 0.6) is 0 Å². The van der Waals surface area contributed by atoms with Gasteiger partial charge in [0.15, 0.2) is 0 Å². The van der Waals surface area contributed by atoms with Crippen LogP contribution >= 0.6 is 0 Å². The van der Waals surface area contributed by atoms with E-state index in [9.17, 15) is 19.5 Å². The zero-order valence-electron chi connectivity index (χ0n) is 12.8. The monoisotopic (exact) mass is 300 g/mol. The maximum Gasteiger partial charge on any atom is 0.329 e. The quantitative estimate of drug-likeness (QED) is 0.744. The Morgan fingerprint density at radius 2 is 1.76 bits per heavy atom. The Balaban J connectivity index is 2.62. The van der Waals surface area contributed by atoms with Gasteiger partial charge >= 0.3 is 18.0 Å². The van der Waals surface area contributed by atoms with Crippen LogP contribution in [0.4, 0.5) is 4.79 Å². The van der Waals surface area contributed by atoms with Crippen LogP contribution in [0, 0.1) is 5.92 Å². The molecule has 1 saturated heterocycles. The lowest BCUT2D eigenvalue weighted by Gasteiger charge is -2.35. The van der Waals surface area contributed by atoms with Crippen LogP contribution in [0.1, 0.15) is 39.5 Å². The van der Waals surface area contributed by atoms with Gasteiger partial charge in [-0.25, -0.2) is 9.59 Å². The molecule has 0 aliphatic carbocycles. The maximum absolute atomic E-state index is 12.2. The smallest absolute Gasteiger partial charge is 0.329 e.